The monoisotopic (exact) mass is 376 g/mol. The molecule has 1 atom stereocenters. The molecule has 0 spiro atoms. The molecule has 0 aliphatic rings. The average molecular weight is 376 g/mol. The first kappa shape index (κ1) is 17.8. The third kappa shape index (κ3) is 3.65. The molecule has 3 rings (SSSR count). The Morgan fingerprint density at radius 2 is 2.15 bits per heavy atom. The maximum Gasteiger partial charge on any atom is 0.270 e. The number of nitro benzene ring substituents is 1. The molecule has 2 aromatic heterocycles. The summed E-state index contributed by atoms with van der Waals surface area (Å²) < 4.78 is 34.8. The second-order valence-electron chi connectivity index (χ2n) is 5.58. The minimum Gasteiger partial charge on any atom is -0.467 e. The molecule has 1 aromatic carbocycles. The van der Waals surface area contributed by atoms with E-state index < -0.39 is 21.0 Å². The topological polar surface area (TPSA) is 120 Å². The van der Waals surface area contributed by atoms with E-state index in [1.54, 1.807) is 42.2 Å². The van der Waals surface area contributed by atoms with Crippen molar-refractivity contribution < 1.29 is 17.8 Å². The van der Waals surface area contributed by atoms with E-state index in [2.05, 4.69) is 9.82 Å². The lowest BCUT2D eigenvalue weighted by molar-refractivity contribution is -0.385. The molecule has 0 saturated heterocycles. The van der Waals surface area contributed by atoms with Crippen LogP contribution in [0.5, 0.6) is 0 Å². The fourth-order valence-corrected chi connectivity index (χ4v) is 3.83. The van der Waals surface area contributed by atoms with Crippen molar-refractivity contribution >= 4 is 15.7 Å². The Labute approximate surface area is 149 Å². The lowest BCUT2D eigenvalue weighted by Gasteiger charge is -2.17. The first-order valence-electron chi connectivity index (χ1n) is 7.66. The van der Waals surface area contributed by atoms with Gasteiger partial charge in [0.1, 0.15) is 11.8 Å². The molecule has 136 valence electrons. The van der Waals surface area contributed by atoms with Crippen LogP contribution in [-0.2, 0) is 10.0 Å². The number of aromatic nitrogens is 2. The molecule has 0 bridgehead atoms. The molecule has 1 N–H and O–H groups in total. The second kappa shape index (κ2) is 7.10. The van der Waals surface area contributed by atoms with Gasteiger partial charge in [-0.1, -0.05) is 6.07 Å². The number of hydrogen-bond donors (Lipinski definition) is 1. The van der Waals surface area contributed by atoms with E-state index in [0.717, 1.165) is 6.07 Å². The molecule has 0 saturated carbocycles. The van der Waals surface area contributed by atoms with Crippen LogP contribution in [0.4, 0.5) is 5.69 Å². The van der Waals surface area contributed by atoms with Gasteiger partial charge in [-0.2, -0.15) is 5.10 Å². The third-order valence-corrected chi connectivity index (χ3v) is 5.42. The first-order chi connectivity index (χ1) is 12.4. The summed E-state index contributed by atoms with van der Waals surface area (Å²) in [5.41, 5.74) is 0.127. The lowest BCUT2D eigenvalue weighted by atomic mass is 10.2. The van der Waals surface area contributed by atoms with Gasteiger partial charge in [0, 0.05) is 31.1 Å². The Balaban J connectivity index is 1.87. The minimum absolute atomic E-state index is 0.0281. The molecule has 0 aliphatic heterocycles. The Kier molecular flexibility index (Phi) is 4.87. The molecular weight excluding hydrogens is 360 g/mol. The number of nitrogens with one attached hydrogen (secondary N) is 1. The summed E-state index contributed by atoms with van der Waals surface area (Å²) in [7, 11) is -3.96. The summed E-state index contributed by atoms with van der Waals surface area (Å²) in [6.45, 7) is 1.55. The molecule has 3 aromatic rings. The van der Waals surface area contributed by atoms with Crippen molar-refractivity contribution in [2.75, 3.05) is 6.54 Å². The summed E-state index contributed by atoms with van der Waals surface area (Å²) >= 11 is 0. The van der Waals surface area contributed by atoms with Crippen LogP contribution in [0.2, 0.25) is 0 Å². The van der Waals surface area contributed by atoms with Crippen molar-refractivity contribution in [1.82, 2.24) is 14.5 Å². The standard InChI is InChI=1S/C16H16N4O5S/c1-12-5-6-13(20(21)22)10-16(12)26(23,24)18-11-14(15-4-2-9-25-15)19-8-3-7-17-19/h2-10,14,18H,11H2,1H3. The Morgan fingerprint density at radius 1 is 1.35 bits per heavy atom. The quantitative estimate of drug-likeness (QED) is 0.499. The predicted octanol–water partition coefficient (Wildman–Crippen LogP) is 2.26. The smallest absolute Gasteiger partial charge is 0.270 e. The van der Waals surface area contributed by atoms with Gasteiger partial charge in [-0.15, -0.1) is 0 Å². The van der Waals surface area contributed by atoms with Crippen LogP contribution < -0.4 is 4.72 Å². The number of furan rings is 1. The number of non-ortho nitro benzene ring substituents is 1. The van der Waals surface area contributed by atoms with Crippen molar-refractivity contribution in [3.05, 3.63) is 76.5 Å². The van der Waals surface area contributed by atoms with E-state index in [4.69, 9.17) is 4.42 Å². The highest BCUT2D eigenvalue weighted by Gasteiger charge is 2.24. The second-order valence-corrected chi connectivity index (χ2v) is 7.31. The largest absolute Gasteiger partial charge is 0.467 e. The highest BCUT2D eigenvalue weighted by molar-refractivity contribution is 7.89. The van der Waals surface area contributed by atoms with E-state index >= 15 is 0 Å². The molecule has 9 nitrogen and oxygen atoms in total. The number of nitro groups is 1. The van der Waals surface area contributed by atoms with E-state index in [1.807, 2.05) is 0 Å². The Bertz CT molecular complexity index is 963. The van der Waals surface area contributed by atoms with E-state index in [0.29, 0.717) is 11.3 Å². The zero-order valence-corrected chi connectivity index (χ0v) is 14.6. The van der Waals surface area contributed by atoms with Gasteiger partial charge in [-0.05, 0) is 30.7 Å². The minimum atomic E-state index is -3.96. The van der Waals surface area contributed by atoms with Crippen LogP contribution in [0.1, 0.15) is 17.4 Å². The van der Waals surface area contributed by atoms with Crippen LogP contribution in [0.25, 0.3) is 0 Å². The van der Waals surface area contributed by atoms with Gasteiger partial charge in [0.2, 0.25) is 10.0 Å². The van der Waals surface area contributed by atoms with E-state index in [9.17, 15) is 18.5 Å². The number of aryl methyl sites for hydroxylation is 1. The molecule has 0 radical (unpaired) electrons. The Hall–Kier alpha value is -2.98. The SMILES string of the molecule is Cc1ccc([N+](=O)[O-])cc1S(=O)(=O)NCC(c1ccco1)n1cccn1. The van der Waals surface area contributed by atoms with Crippen molar-refractivity contribution in [3.63, 3.8) is 0 Å². The fourth-order valence-electron chi connectivity index (χ4n) is 2.53. The zero-order valence-electron chi connectivity index (χ0n) is 13.8. The van der Waals surface area contributed by atoms with Crippen molar-refractivity contribution in [2.24, 2.45) is 0 Å². The number of rotatable bonds is 7. The predicted molar refractivity (Wildman–Crippen MR) is 92.1 cm³/mol. The van der Waals surface area contributed by atoms with Gasteiger partial charge in [-0.25, -0.2) is 13.1 Å². The van der Waals surface area contributed by atoms with Crippen LogP contribution in [0.15, 0.2) is 64.4 Å². The summed E-state index contributed by atoms with van der Waals surface area (Å²) in [6.07, 6.45) is 4.76. The first-order valence-corrected chi connectivity index (χ1v) is 9.14. The van der Waals surface area contributed by atoms with Crippen LogP contribution in [0, 0.1) is 17.0 Å². The number of benzene rings is 1. The molecule has 0 aliphatic carbocycles. The number of hydrogen-bond acceptors (Lipinski definition) is 6. The van der Waals surface area contributed by atoms with Gasteiger partial charge >= 0.3 is 0 Å². The normalized spacial score (nSPS) is 12.8. The maximum atomic E-state index is 12.7. The average Bonchev–Trinajstić information content (AvgIpc) is 3.29. The molecule has 0 fully saturated rings. The zero-order chi connectivity index (χ0) is 18.7. The molecule has 1 unspecified atom stereocenters. The third-order valence-electron chi connectivity index (χ3n) is 3.85. The molecular formula is C16H16N4O5S. The fraction of sp³-hybridized carbons (Fsp3) is 0.188. The van der Waals surface area contributed by atoms with Gasteiger partial charge in [0.25, 0.3) is 5.69 Å². The highest BCUT2D eigenvalue weighted by Crippen LogP contribution is 2.23. The van der Waals surface area contributed by atoms with E-state index in [1.165, 1.54) is 18.4 Å². The number of nitrogens with zero attached hydrogens (tertiary/aromatic N) is 3. The number of sulfonamides is 1. The van der Waals surface area contributed by atoms with Crippen LogP contribution in [0.3, 0.4) is 0 Å². The van der Waals surface area contributed by atoms with Gasteiger partial charge in [0.05, 0.1) is 16.1 Å². The van der Waals surface area contributed by atoms with Gasteiger partial charge < -0.3 is 4.42 Å². The summed E-state index contributed by atoms with van der Waals surface area (Å²) in [4.78, 5) is 10.2. The van der Waals surface area contributed by atoms with Gasteiger partial charge in [0.15, 0.2) is 0 Å². The lowest BCUT2D eigenvalue weighted by Crippen LogP contribution is -2.32. The van der Waals surface area contributed by atoms with E-state index in [-0.39, 0.29) is 17.1 Å². The van der Waals surface area contributed by atoms with Crippen LogP contribution >= 0.6 is 0 Å². The van der Waals surface area contributed by atoms with Gasteiger partial charge in [-0.3, -0.25) is 14.8 Å². The molecule has 26 heavy (non-hydrogen) atoms. The van der Waals surface area contributed by atoms with Crippen molar-refractivity contribution in [2.45, 2.75) is 17.9 Å². The highest BCUT2D eigenvalue weighted by atomic mass is 32.2. The van der Waals surface area contributed by atoms with Crippen LogP contribution in [-0.4, -0.2) is 29.7 Å². The molecule has 0 amide bonds. The van der Waals surface area contributed by atoms with Crippen molar-refractivity contribution in [3.8, 4) is 0 Å². The molecule has 2 heterocycles. The summed E-state index contributed by atoms with van der Waals surface area (Å²) in [5.74, 6) is 0.534. The van der Waals surface area contributed by atoms with Crippen molar-refractivity contribution in [1.29, 1.82) is 0 Å². The maximum absolute atomic E-state index is 12.7. The summed E-state index contributed by atoms with van der Waals surface area (Å²) in [6, 6.07) is 8.37. The summed E-state index contributed by atoms with van der Waals surface area (Å²) in [5, 5.41) is 15.1. The molecule has 10 heteroatoms. The Morgan fingerprint density at radius 3 is 2.77 bits per heavy atom.